The van der Waals surface area contributed by atoms with Crippen molar-refractivity contribution in [1.29, 1.82) is 5.41 Å². The molecule has 1 aromatic heterocycles. The van der Waals surface area contributed by atoms with Gasteiger partial charge in [0.2, 0.25) is 5.91 Å². The van der Waals surface area contributed by atoms with Crippen molar-refractivity contribution < 1.29 is 9.18 Å². The Hall–Kier alpha value is -3.15. The number of benzene rings is 1. The maximum atomic E-state index is 13.5. The quantitative estimate of drug-likeness (QED) is 0.887. The van der Waals surface area contributed by atoms with Crippen molar-refractivity contribution in [2.45, 2.75) is 25.2 Å². The van der Waals surface area contributed by atoms with Crippen molar-refractivity contribution in [1.82, 2.24) is 9.88 Å². The van der Waals surface area contributed by atoms with Crippen LogP contribution in [0.5, 0.6) is 0 Å². The molecule has 1 N–H and O–H groups in total. The molecule has 4 rings (SSSR count). The van der Waals surface area contributed by atoms with Gasteiger partial charge in [0.05, 0.1) is 17.1 Å². The third-order valence-electron chi connectivity index (χ3n) is 5.24. The zero-order valence-electron chi connectivity index (χ0n) is 15.4. The van der Waals surface area contributed by atoms with E-state index in [4.69, 9.17) is 5.41 Å². The molecule has 3 heterocycles. The van der Waals surface area contributed by atoms with Gasteiger partial charge in [-0.25, -0.2) is 4.39 Å². The minimum atomic E-state index is -0.279. The number of nitrogens with one attached hydrogen (secondary N) is 1. The molecular formula is C22H21FN4O. The first kappa shape index (κ1) is 18.2. The van der Waals surface area contributed by atoms with Crippen LogP contribution in [0.25, 0.3) is 0 Å². The van der Waals surface area contributed by atoms with Crippen LogP contribution in [0.15, 0.2) is 65.6 Å². The van der Waals surface area contributed by atoms with E-state index >= 15 is 0 Å². The first-order valence-corrected chi connectivity index (χ1v) is 9.42. The van der Waals surface area contributed by atoms with E-state index in [0.717, 1.165) is 23.3 Å². The summed E-state index contributed by atoms with van der Waals surface area (Å²) in [7, 11) is 0. The number of carbonyl (C=O) groups is 1. The van der Waals surface area contributed by atoms with Gasteiger partial charge in [0, 0.05) is 43.9 Å². The maximum absolute atomic E-state index is 13.5. The molecule has 1 saturated heterocycles. The maximum Gasteiger partial charge on any atom is 0.227 e. The smallest absolute Gasteiger partial charge is 0.227 e. The van der Waals surface area contributed by atoms with Crippen LogP contribution in [-0.2, 0) is 4.79 Å². The van der Waals surface area contributed by atoms with Crippen molar-refractivity contribution in [2.75, 3.05) is 13.1 Å². The Balaban J connectivity index is 1.58. The van der Waals surface area contributed by atoms with Crippen molar-refractivity contribution in [3.05, 3.63) is 77.5 Å². The number of aliphatic imine (C=N–C) groups is 1. The molecular weight excluding hydrogens is 355 g/mol. The molecule has 0 aliphatic carbocycles. The number of halogens is 1. The van der Waals surface area contributed by atoms with Crippen molar-refractivity contribution in [3.8, 4) is 0 Å². The van der Waals surface area contributed by atoms with E-state index in [2.05, 4.69) is 9.98 Å². The Morgan fingerprint density at radius 1 is 1.18 bits per heavy atom. The standard InChI is InChI=1S/C22H21FN4O/c23-18-3-1-2-16(12-18)17-7-11-27(22(28)13-17)21-14-20(26-10-6-19(21)24)15-4-8-25-9-5-15/h1-5,8-9,12,14,17,24H,6-7,10-11,13H2. The largest absolute Gasteiger partial charge is 0.311 e. The number of nitrogens with zero attached hydrogens (tertiary/aromatic N) is 3. The number of aromatic nitrogens is 1. The number of hydrogen-bond acceptors (Lipinski definition) is 4. The molecule has 0 spiro atoms. The third kappa shape index (κ3) is 3.76. The van der Waals surface area contributed by atoms with Gasteiger partial charge in [-0.1, -0.05) is 12.1 Å². The molecule has 6 heteroatoms. The lowest BCUT2D eigenvalue weighted by molar-refractivity contribution is -0.131. The van der Waals surface area contributed by atoms with E-state index in [0.29, 0.717) is 37.3 Å². The second-order valence-electron chi connectivity index (χ2n) is 7.05. The van der Waals surface area contributed by atoms with Crippen LogP contribution in [0, 0.1) is 11.2 Å². The van der Waals surface area contributed by atoms with Crippen LogP contribution >= 0.6 is 0 Å². The fraction of sp³-hybridized carbons (Fsp3) is 0.273. The van der Waals surface area contributed by atoms with E-state index in [1.165, 1.54) is 12.1 Å². The van der Waals surface area contributed by atoms with E-state index in [1.54, 1.807) is 23.4 Å². The molecule has 2 aliphatic rings. The van der Waals surface area contributed by atoms with Crippen LogP contribution in [-0.4, -0.2) is 40.3 Å². The molecule has 1 aromatic carbocycles. The van der Waals surface area contributed by atoms with Gasteiger partial charge in [0.15, 0.2) is 0 Å². The summed E-state index contributed by atoms with van der Waals surface area (Å²) < 4.78 is 13.5. The SMILES string of the molecule is N=C1CCN=C(c2ccncc2)C=C1N1CCC(c2cccc(F)c2)CC1=O. The van der Waals surface area contributed by atoms with E-state index in [-0.39, 0.29) is 17.6 Å². The van der Waals surface area contributed by atoms with Crippen molar-refractivity contribution >= 4 is 17.3 Å². The molecule has 1 unspecified atom stereocenters. The van der Waals surface area contributed by atoms with E-state index < -0.39 is 0 Å². The Morgan fingerprint density at radius 2 is 2.00 bits per heavy atom. The van der Waals surface area contributed by atoms with Crippen molar-refractivity contribution in [3.63, 3.8) is 0 Å². The molecule has 0 radical (unpaired) electrons. The number of hydrogen-bond donors (Lipinski definition) is 1. The van der Waals surface area contributed by atoms with E-state index in [1.807, 2.05) is 24.3 Å². The molecule has 2 aromatic rings. The average Bonchev–Trinajstić information content (AvgIpc) is 2.90. The van der Waals surface area contributed by atoms with E-state index in [9.17, 15) is 9.18 Å². The summed E-state index contributed by atoms with van der Waals surface area (Å²) in [5.41, 5.74) is 3.59. The van der Waals surface area contributed by atoms with Crippen molar-refractivity contribution in [2.24, 2.45) is 4.99 Å². The Morgan fingerprint density at radius 3 is 2.75 bits per heavy atom. The minimum absolute atomic E-state index is 0.00773. The predicted molar refractivity (Wildman–Crippen MR) is 106 cm³/mol. The first-order chi connectivity index (χ1) is 13.6. The molecule has 28 heavy (non-hydrogen) atoms. The Bertz CT molecular complexity index is 968. The Kier molecular flexibility index (Phi) is 5.10. The highest BCUT2D eigenvalue weighted by Gasteiger charge is 2.31. The second kappa shape index (κ2) is 7.84. The van der Waals surface area contributed by atoms with Gasteiger partial charge in [-0.2, -0.15) is 0 Å². The zero-order chi connectivity index (χ0) is 19.5. The molecule has 142 valence electrons. The van der Waals surface area contributed by atoms with Crippen LogP contribution in [0.1, 0.15) is 36.3 Å². The first-order valence-electron chi connectivity index (χ1n) is 9.42. The fourth-order valence-electron chi connectivity index (χ4n) is 3.75. The number of carbonyl (C=O) groups excluding carboxylic acids is 1. The molecule has 5 nitrogen and oxygen atoms in total. The highest BCUT2D eigenvalue weighted by molar-refractivity contribution is 6.15. The number of rotatable bonds is 3. The zero-order valence-corrected chi connectivity index (χ0v) is 15.4. The van der Waals surface area contributed by atoms with Gasteiger partial charge in [0.25, 0.3) is 0 Å². The van der Waals surface area contributed by atoms with Gasteiger partial charge in [-0.05, 0) is 48.2 Å². The molecule has 0 saturated carbocycles. The minimum Gasteiger partial charge on any atom is -0.311 e. The summed E-state index contributed by atoms with van der Waals surface area (Å²) in [5.74, 6) is -0.306. The summed E-state index contributed by atoms with van der Waals surface area (Å²) in [6.45, 7) is 1.03. The molecule has 1 amide bonds. The third-order valence-corrected chi connectivity index (χ3v) is 5.24. The molecule has 2 aliphatic heterocycles. The monoisotopic (exact) mass is 376 g/mol. The van der Waals surface area contributed by atoms with Crippen LogP contribution in [0.3, 0.4) is 0 Å². The normalized spacial score (nSPS) is 20.5. The predicted octanol–water partition coefficient (Wildman–Crippen LogP) is 3.72. The highest BCUT2D eigenvalue weighted by atomic mass is 19.1. The number of piperidine rings is 1. The lowest BCUT2D eigenvalue weighted by Crippen LogP contribution is -2.39. The topological polar surface area (TPSA) is 69.4 Å². The number of allylic oxidation sites excluding steroid dienone is 2. The number of likely N-dealkylation sites (tertiary alicyclic amines) is 1. The summed E-state index contributed by atoms with van der Waals surface area (Å²) in [6, 6.07) is 10.2. The van der Waals surface area contributed by atoms with Gasteiger partial charge in [-0.3, -0.25) is 14.8 Å². The summed E-state index contributed by atoms with van der Waals surface area (Å²) >= 11 is 0. The van der Waals surface area contributed by atoms with Gasteiger partial charge < -0.3 is 10.3 Å². The summed E-state index contributed by atoms with van der Waals surface area (Å²) in [5, 5.41) is 8.41. The van der Waals surface area contributed by atoms with Crippen LogP contribution in [0.2, 0.25) is 0 Å². The molecule has 1 atom stereocenters. The Labute approximate surface area is 163 Å². The second-order valence-corrected chi connectivity index (χ2v) is 7.05. The van der Waals surface area contributed by atoms with Crippen LogP contribution < -0.4 is 0 Å². The average molecular weight is 376 g/mol. The van der Waals surface area contributed by atoms with Gasteiger partial charge >= 0.3 is 0 Å². The molecule has 0 bridgehead atoms. The van der Waals surface area contributed by atoms with Gasteiger partial charge in [-0.15, -0.1) is 0 Å². The summed E-state index contributed by atoms with van der Waals surface area (Å²) in [6.07, 6.45) is 6.80. The fourth-order valence-corrected chi connectivity index (χ4v) is 3.75. The van der Waals surface area contributed by atoms with Crippen LogP contribution in [0.4, 0.5) is 4.39 Å². The lowest BCUT2D eigenvalue weighted by Gasteiger charge is -2.33. The molecule has 1 fully saturated rings. The lowest BCUT2D eigenvalue weighted by atomic mass is 9.88. The number of pyridine rings is 1. The highest BCUT2D eigenvalue weighted by Crippen LogP contribution is 2.31. The number of amides is 1. The van der Waals surface area contributed by atoms with Gasteiger partial charge in [0.1, 0.15) is 5.82 Å². The summed E-state index contributed by atoms with van der Waals surface area (Å²) in [4.78, 5) is 23.2.